The summed E-state index contributed by atoms with van der Waals surface area (Å²) in [5, 5.41) is 9.75. The number of hydrogen-bond acceptors (Lipinski definition) is 6. The zero-order valence-corrected chi connectivity index (χ0v) is 26.3. The van der Waals surface area contributed by atoms with E-state index in [0.29, 0.717) is 33.9 Å². The second-order valence-corrected chi connectivity index (χ2v) is 11.9. The van der Waals surface area contributed by atoms with Crippen LogP contribution in [0, 0.1) is 0 Å². The minimum Gasteiger partial charge on any atom is -0.497 e. The summed E-state index contributed by atoms with van der Waals surface area (Å²) >= 11 is 8.51. The number of amidine groups is 1. The number of amides is 1. The molecule has 1 N–H and O–H groups in total. The lowest BCUT2D eigenvalue weighted by Crippen LogP contribution is -2.28. The number of carboxylic acid groups (broad SMARTS) is 1. The Hall–Kier alpha value is -3.86. The Morgan fingerprint density at radius 1 is 0.952 bits per heavy atom. The average molecular weight is 708 g/mol. The highest BCUT2D eigenvalue weighted by atomic mass is 79.9. The van der Waals surface area contributed by atoms with Crippen LogP contribution in [0.4, 0.5) is 5.69 Å². The molecule has 4 aromatic carbocycles. The molecule has 0 saturated carbocycles. The third-order valence-corrected chi connectivity index (χ3v) is 8.46. The molecule has 0 unspecified atom stereocenters. The maximum absolute atomic E-state index is 13.7. The fourth-order valence-corrected chi connectivity index (χ4v) is 6.56. The van der Waals surface area contributed by atoms with Crippen molar-refractivity contribution in [1.82, 2.24) is 4.90 Å². The largest absolute Gasteiger partial charge is 0.497 e. The van der Waals surface area contributed by atoms with Gasteiger partial charge >= 0.3 is 5.97 Å². The van der Waals surface area contributed by atoms with Gasteiger partial charge in [-0.3, -0.25) is 9.69 Å². The van der Waals surface area contributed by atoms with Gasteiger partial charge in [0.05, 0.1) is 38.8 Å². The number of carboxylic acids is 1. The predicted molar refractivity (Wildman–Crippen MR) is 172 cm³/mol. The van der Waals surface area contributed by atoms with E-state index in [4.69, 9.17) is 14.5 Å². The number of carbonyl (C=O) groups excluding carboxylic acids is 1. The van der Waals surface area contributed by atoms with Gasteiger partial charge in [-0.25, -0.2) is 9.79 Å². The third-order valence-electron chi connectivity index (χ3n) is 6.27. The number of benzene rings is 4. The highest BCUT2D eigenvalue weighted by Gasteiger charge is 2.33. The molecule has 0 spiro atoms. The lowest BCUT2D eigenvalue weighted by Gasteiger charge is -2.16. The molecule has 5 rings (SSSR count). The molecular formula is C32H24Br2N2O5S. The molecule has 1 aliphatic rings. The molecule has 1 amide bonds. The summed E-state index contributed by atoms with van der Waals surface area (Å²) < 4.78 is 12.8. The van der Waals surface area contributed by atoms with Gasteiger partial charge in [0.2, 0.25) is 0 Å². The van der Waals surface area contributed by atoms with Crippen molar-refractivity contribution in [1.29, 1.82) is 0 Å². The number of thioether (sulfide) groups is 1. The molecule has 1 fully saturated rings. The maximum Gasteiger partial charge on any atom is 0.335 e. The minimum absolute atomic E-state index is 0.181. The van der Waals surface area contributed by atoms with Gasteiger partial charge in [0.25, 0.3) is 5.91 Å². The molecular weight excluding hydrogens is 684 g/mol. The molecule has 0 aliphatic carbocycles. The van der Waals surface area contributed by atoms with E-state index in [2.05, 4.69) is 31.9 Å². The maximum atomic E-state index is 13.7. The van der Waals surface area contributed by atoms with Gasteiger partial charge in [-0.2, -0.15) is 0 Å². The van der Waals surface area contributed by atoms with Crippen molar-refractivity contribution in [3.8, 4) is 11.5 Å². The van der Waals surface area contributed by atoms with Gasteiger partial charge in [-0.05, 0) is 115 Å². The van der Waals surface area contributed by atoms with Crippen molar-refractivity contribution < 1.29 is 24.2 Å². The van der Waals surface area contributed by atoms with Crippen LogP contribution in [0.3, 0.4) is 0 Å². The van der Waals surface area contributed by atoms with E-state index < -0.39 is 5.97 Å². The molecule has 1 aliphatic heterocycles. The van der Waals surface area contributed by atoms with Gasteiger partial charge in [-0.15, -0.1) is 0 Å². The Morgan fingerprint density at radius 2 is 1.62 bits per heavy atom. The molecule has 10 heteroatoms. The van der Waals surface area contributed by atoms with Gasteiger partial charge in [-0.1, -0.05) is 42.5 Å². The number of aliphatic imine (C=N–C) groups is 1. The van der Waals surface area contributed by atoms with Crippen LogP contribution in [0.1, 0.15) is 27.0 Å². The SMILES string of the molecule is COc1ccc(N=C2S/C(=C\c3cc(Br)c(OCc4ccccc4)c(Br)c3)C(=O)N2Cc2ccc(C(=O)O)cc2)cc1. The van der Waals surface area contributed by atoms with Crippen molar-refractivity contribution >= 4 is 72.4 Å². The van der Waals surface area contributed by atoms with Crippen LogP contribution in [-0.2, 0) is 17.9 Å². The molecule has 4 aromatic rings. The number of methoxy groups -OCH3 is 1. The van der Waals surface area contributed by atoms with E-state index in [1.807, 2.05) is 72.8 Å². The molecule has 7 nitrogen and oxygen atoms in total. The number of ether oxygens (including phenoxy) is 2. The van der Waals surface area contributed by atoms with Crippen LogP contribution in [0.25, 0.3) is 6.08 Å². The van der Waals surface area contributed by atoms with Crippen LogP contribution in [0.15, 0.2) is 110 Å². The third kappa shape index (κ3) is 7.13. The summed E-state index contributed by atoms with van der Waals surface area (Å²) in [5.41, 5.74) is 3.48. The first-order valence-electron chi connectivity index (χ1n) is 12.7. The fraction of sp³-hybridized carbons (Fsp3) is 0.0938. The zero-order chi connectivity index (χ0) is 29.6. The quantitative estimate of drug-likeness (QED) is 0.176. The van der Waals surface area contributed by atoms with Crippen molar-refractivity contribution in [2.45, 2.75) is 13.2 Å². The lowest BCUT2D eigenvalue weighted by molar-refractivity contribution is -0.122. The first-order chi connectivity index (χ1) is 20.3. The van der Waals surface area contributed by atoms with Crippen LogP contribution < -0.4 is 9.47 Å². The van der Waals surface area contributed by atoms with Gasteiger partial charge in [0.15, 0.2) is 5.17 Å². The normalized spacial score (nSPS) is 14.9. The Balaban J connectivity index is 1.43. The highest BCUT2D eigenvalue weighted by Crippen LogP contribution is 2.39. The Labute approximate surface area is 264 Å². The molecule has 0 aromatic heterocycles. The van der Waals surface area contributed by atoms with Crippen molar-refractivity contribution in [2.24, 2.45) is 4.99 Å². The summed E-state index contributed by atoms with van der Waals surface area (Å²) in [7, 11) is 1.60. The Kier molecular flexibility index (Phi) is 9.46. The fourth-order valence-electron chi connectivity index (χ4n) is 4.12. The average Bonchev–Trinajstić information content (AvgIpc) is 3.26. The summed E-state index contributed by atoms with van der Waals surface area (Å²) in [5.74, 6) is 0.165. The van der Waals surface area contributed by atoms with Crippen LogP contribution in [-0.4, -0.2) is 34.2 Å². The van der Waals surface area contributed by atoms with Crippen molar-refractivity contribution in [3.63, 3.8) is 0 Å². The standard InChI is InChI=1S/C32H24Br2N2O5S/c1-40-25-13-11-24(12-14-25)35-32-36(18-20-7-9-23(10-8-20)31(38)39)30(37)28(42-32)17-22-15-26(33)29(27(34)16-22)41-19-21-5-3-2-4-6-21/h2-17H,18-19H2,1H3,(H,38,39)/b28-17-,35-32?. The molecule has 212 valence electrons. The second-order valence-electron chi connectivity index (χ2n) is 9.18. The van der Waals surface area contributed by atoms with E-state index in [1.165, 1.54) is 23.9 Å². The summed E-state index contributed by atoms with van der Waals surface area (Å²) in [4.78, 5) is 31.8. The number of halogens is 2. The Bertz CT molecular complexity index is 1650. The number of aromatic carboxylic acids is 1. The van der Waals surface area contributed by atoms with Crippen LogP contribution in [0.5, 0.6) is 11.5 Å². The van der Waals surface area contributed by atoms with Crippen molar-refractivity contribution in [2.75, 3.05) is 7.11 Å². The molecule has 0 atom stereocenters. The monoisotopic (exact) mass is 706 g/mol. The number of carbonyl (C=O) groups is 2. The summed E-state index contributed by atoms with van der Waals surface area (Å²) in [6, 6.07) is 27.4. The predicted octanol–water partition coefficient (Wildman–Crippen LogP) is 8.30. The summed E-state index contributed by atoms with van der Waals surface area (Å²) in [6.07, 6.45) is 1.82. The van der Waals surface area contributed by atoms with Gasteiger partial charge in [0, 0.05) is 0 Å². The minimum atomic E-state index is -1.00. The van der Waals surface area contributed by atoms with Crippen LogP contribution >= 0.6 is 43.6 Å². The van der Waals surface area contributed by atoms with E-state index in [1.54, 1.807) is 24.1 Å². The smallest absolute Gasteiger partial charge is 0.335 e. The lowest BCUT2D eigenvalue weighted by atomic mass is 10.1. The van der Waals surface area contributed by atoms with E-state index in [9.17, 15) is 14.7 Å². The molecule has 42 heavy (non-hydrogen) atoms. The van der Waals surface area contributed by atoms with Gasteiger partial charge < -0.3 is 14.6 Å². The van der Waals surface area contributed by atoms with E-state index in [0.717, 1.165) is 25.6 Å². The van der Waals surface area contributed by atoms with E-state index >= 15 is 0 Å². The number of hydrogen-bond donors (Lipinski definition) is 1. The van der Waals surface area contributed by atoms with Crippen molar-refractivity contribution in [3.05, 3.63) is 127 Å². The Morgan fingerprint density at radius 3 is 2.24 bits per heavy atom. The first kappa shape index (κ1) is 29.6. The molecule has 1 saturated heterocycles. The first-order valence-corrected chi connectivity index (χ1v) is 15.1. The number of nitrogens with zero attached hydrogens (tertiary/aromatic N) is 2. The second kappa shape index (κ2) is 13.4. The summed E-state index contributed by atoms with van der Waals surface area (Å²) in [6.45, 7) is 0.651. The topological polar surface area (TPSA) is 88.4 Å². The van der Waals surface area contributed by atoms with Gasteiger partial charge in [0.1, 0.15) is 18.1 Å². The molecule has 1 heterocycles. The highest BCUT2D eigenvalue weighted by molar-refractivity contribution is 9.11. The molecule has 0 bridgehead atoms. The zero-order valence-electron chi connectivity index (χ0n) is 22.3. The van der Waals surface area contributed by atoms with Crippen LogP contribution in [0.2, 0.25) is 0 Å². The molecule has 0 radical (unpaired) electrons. The number of rotatable bonds is 9. The van der Waals surface area contributed by atoms with E-state index in [-0.39, 0.29) is 18.0 Å².